The summed E-state index contributed by atoms with van der Waals surface area (Å²) in [5.41, 5.74) is 2.17. The van der Waals surface area contributed by atoms with Gasteiger partial charge in [0.25, 0.3) is 0 Å². The van der Waals surface area contributed by atoms with Crippen molar-refractivity contribution < 1.29 is 9.53 Å². The number of hydrogen-bond acceptors (Lipinski definition) is 2. The first-order valence-electron chi connectivity index (χ1n) is 5.13. The van der Waals surface area contributed by atoms with Gasteiger partial charge in [-0.25, -0.2) is 4.79 Å². The van der Waals surface area contributed by atoms with Gasteiger partial charge in [-0.05, 0) is 23.3 Å². The molecule has 0 atom stereocenters. The van der Waals surface area contributed by atoms with Crippen molar-refractivity contribution in [2.75, 3.05) is 0 Å². The molecule has 0 aromatic heterocycles. The highest BCUT2D eigenvalue weighted by molar-refractivity contribution is 5.89. The minimum atomic E-state index is -0.683. The molecule has 0 saturated carbocycles. The number of benzene rings is 2. The molecule has 2 heteroatoms. The van der Waals surface area contributed by atoms with Crippen molar-refractivity contribution in [2.24, 2.45) is 0 Å². The van der Waals surface area contributed by atoms with Crippen molar-refractivity contribution in [3.05, 3.63) is 54.6 Å². The van der Waals surface area contributed by atoms with E-state index in [1.165, 1.54) is 0 Å². The maximum atomic E-state index is 10.9. The number of rotatable bonds is 2. The van der Waals surface area contributed by atoms with Crippen molar-refractivity contribution in [1.29, 1.82) is 0 Å². The molecule has 0 unspecified atom stereocenters. The van der Waals surface area contributed by atoms with E-state index in [-0.39, 0.29) is 0 Å². The molecule has 0 bridgehead atoms. The van der Waals surface area contributed by atoms with Crippen LogP contribution in [0.15, 0.2) is 54.6 Å². The zero-order chi connectivity index (χ0) is 12.1. The Balaban J connectivity index is 2.20. The molecule has 0 aliphatic carbocycles. The van der Waals surface area contributed by atoms with Gasteiger partial charge in [0.1, 0.15) is 5.75 Å². The zero-order valence-electron chi connectivity index (χ0n) is 9.09. The van der Waals surface area contributed by atoms with Crippen LogP contribution in [0, 0.1) is 12.3 Å². The lowest BCUT2D eigenvalue weighted by atomic mass is 10.1. The number of carbonyl (C=O) groups is 1. The molecule has 0 spiro atoms. The molecule has 0 aliphatic heterocycles. The predicted octanol–water partition coefficient (Wildman–Crippen LogP) is 2.89. The lowest BCUT2D eigenvalue weighted by Crippen LogP contribution is -2.03. The van der Waals surface area contributed by atoms with Crippen LogP contribution in [0.4, 0.5) is 0 Å². The molecule has 2 aromatic carbocycles. The van der Waals surface area contributed by atoms with Crippen LogP contribution in [0.3, 0.4) is 0 Å². The second-order valence-corrected chi connectivity index (χ2v) is 3.42. The van der Waals surface area contributed by atoms with E-state index in [2.05, 4.69) is 0 Å². The lowest BCUT2D eigenvalue weighted by molar-refractivity contribution is -0.128. The number of carbonyl (C=O) groups excluding carboxylic acids is 1. The number of terminal acetylenes is 1. The number of ether oxygens (including phenoxy) is 1. The van der Waals surface area contributed by atoms with Crippen molar-refractivity contribution >= 4 is 5.97 Å². The van der Waals surface area contributed by atoms with Crippen LogP contribution in [0.5, 0.6) is 5.75 Å². The summed E-state index contributed by atoms with van der Waals surface area (Å²) >= 11 is 0. The van der Waals surface area contributed by atoms with Crippen molar-refractivity contribution in [1.82, 2.24) is 0 Å². The minimum Gasteiger partial charge on any atom is -0.417 e. The molecule has 0 fully saturated rings. The van der Waals surface area contributed by atoms with Gasteiger partial charge in [-0.15, -0.1) is 6.42 Å². The first-order chi connectivity index (χ1) is 8.29. The average molecular weight is 222 g/mol. The van der Waals surface area contributed by atoms with Gasteiger partial charge in [-0.3, -0.25) is 0 Å². The Morgan fingerprint density at radius 1 is 0.941 bits per heavy atom. The second-order valence-electron chi connectivity index (χ2n) is 3.42. The molecular formula is C15H10O2. The Hall–Kier alpha value is -2.53. The third-order valence-electron chi connectivity index (χ3n) is 2.29. The van der Waals surface area contributed by atoms with E-state index >= 15 is 0 Å². The fraction of sp³-hybridized carbons (Fsp3) is 0. The smallest absolute Gasteiger partial charge is 0.389 e. The van der Waals surface area contributed by atoms with E-state index in [4.69, 9.17) is 11.2 Å². The minimum absolute atomic E-state index is 0.452. The lowest BCUT2D eigenvalue weighted by Gasteiger charge is -2.03. The Morgan fingerprint density at radius 3 is 2.12 bits per heavy atom. The summed E-state index contributed by atoms with van der Waals surface area (Å²) < 4.78 is 4.88. The quantitative estimate of drug-likeness (QED) is 0.338. The Labute approximate surface area is 99.9 Å². The van der Waals surface area contributed by atoms with Crippen LogP contribution >= 0.6 is 0 Å². The molecule has 17 heavy (non-hydrogen) atoms. The molecule has 0 amide bonds. The summed E-state index contributed by atoms with van der Waals surface area (Å²) in [6, 6.07) is 17.2. The summed E-state index contributed by atoms with van der Waals surface area (Å²) in [6.07, 6.45) is 4.92. The summed E-state index contributed by atoms with van der Waals surface area (Å²) in [6.45, 7) is 0. The molecule has 2 aromatic rings. The van der Waals surface area contributed by atoms with Crippen LogP contribution < -0.4 is 4.74 Å². The normalized spacial score (nSPS) is 9.35. The van der Waals surface area contributed by atoms with Crippen molar-refractivity contribution in [3.63, 3.8) is 0 Å². The molecular weight excluding hydrogens is 212 g/mol. The van der Waals surface area contributed by atoms with E-state index in [0.717, 1.165) is 11.1 Å². The Morgan fingerprint density at radius 2 is 1.53 bits per heavy atom. The maximum Gasteiger partial charge on any atom is 0.389 e. The fourth-order valence-electron chi connectivity index (χ4n) is 1.48. The Bertz CT molecular complexity index is 548. The Kier molecular flexibility index (Phi) is 3.23. The van der Waals surface area contributed by atoms with Crippen LogP contribution in [0.2, 0.25) is 0 Å². The fourth-order valence-corrected chi connectivity index (χ4v) is 1.48. The molecule has 2 rings (SSSR count). The van der Waals surface area contributed by atoms with Gasteiger partial charge in [0.15, 0.2) is 0 Å². The van der Waals surface area contributed by atoms with E-state index < -0.39 is 5.97 Å². The maximum absolute atomic E-state index is 10.9. The van der Waals surface area contributed by atoms with Crippen LogP contribution in [0.1, 0.15) is 0 Å². The van der Waals surface area contributed by atoms with Gasteiger partial charge in [0, 0.05) is 5.92 Å². The van der Waals surface area contributed by atoms with E-state index in [1.807, 2.05) is 48.4 Å². The first-order valence-corrected chi connectivity index (χ1v) is 5.13. The highest BCUT2D eigenvalue weighted by atomic mass is 16.5. The topological polar surface area (TPSA) is 26.3 Å². The standard InChI is InChI=1S/C15H10O2/c1-2-15(16)17-14-10-8-13(9-11-14)12-6-4-3-5-7-12/h1,3-11H. The summed E-state index contributed by atoms with van der Waals surface area (Å²) in [7, 11) is 0. The van der Waals surface area contributed by atoms with E-state index in [1.54, 1.807) is 12.1 Å². The van der Waals surface area contributed by atoms with E-state index in [0.29, 0.717) is 5.75 Å². The highest BCUT2D eigenvalue weighted by Gasteiger charge is 2.01. The summed E-state index contributed by atoms with van der Waals surface area (Å²) in [4.78, 5) is 10.9. The van der Waals surface area contributed by atoms with Gasteiger partial charge in [0.05, 0.1) is 0 Å². The van der Waals surface area contributed by atoms with Gasteiger partial charge in [-0.2, -0.15) is 0 Å². The molecule has 2 nitrogen and oxygen atoms in total. The van der Waals surface area contributed by atoms with Gasteiger partial charge in [-0.1, -0.05) is 42.5 Å². The zero-order valence-corrected chi connectivity index (χ0v) is 9.09. The van der Waals surface area contributed by atoms with Gasteiger partial charge in [0.2, 0.25) is 0 Å². The average Bonchev–Trinajstić information content (AvgIpc) is 2.40. The number of esters is 1. The van der Waals surface area contributed by atoms with Crippen molar-refractivity contribution in [3.8, 4) is 29.2 Å². The molecule has 0 aliphatic rings. The first kappa shape index (κ1) is 11.0. The summed E-state index contributed by atoms with van der Waals surface area (Å²) in [5.74, 6) is 1.67. The van der Waals surface area contributed by atoms with Crippen LogP contribution in [-0.4, -0.2) is 5.97 Å². The number of hydrogen-bond donors (Lipinski definition) is 0. The highest BCUT2D eigenvalue weighted by Crippen LogP contribution is 2.21. The van der Waals surface area contributed by atoms with E-state index in [9.17, 15) is 4.79 Å². The third kappa shape index (κ3) is 2.73. The third-order valence-corrected chi connectivity index (χ3v) is 2.29. The molecule has 0 saturated heterocycles. The monoisotopic (exact) mass is 222 g/mol. The predicted molar refractivity (Wildman–Crippen MR) is 66.3 cm³/mol. The van der Waals surface area contributed by atoms with Gasteiger partial charge < -0.3 is 4.74 Å². The SMILES string of the molecule is C#CC(=O)Oc1ccc(-c2ccccc2)cc1. The molecule has 0 radical (unpaired) electrons. The second kappa shape index (κ2) is 5.00. The largest absolute Gasteiger partial charge is 0.417 e. The molecule has 0 heterocycles. The van der Waals surface area contributed by atoms with Crippen LogP contribution in [0.25, 0.3) is 11.1 Å². The molecule has 0 N–H and O–H groups in total. The summed E-state index contributed by atoms with van der Waals surface area (Å²) in [5, 5.41) is 0. The van der Waals surface area contributed by atoms with Crippen molar-refractivity contribution in [2.45, 2.75) is 0 Å². The van der Waals surface area contributed by atoms with Crippen LogP contribution in [-0.2, 0) is 4.79 Å². The molecule has 82 valence electrons. The van der Waals surface area contributed by atoms with Gasteiger partial charge >= 0.3 is 5.97 Å².